The lowest BCUT2D eigenvalue weighted by Crippen LogP contribution is -2.33. The van der Waals surface area contributed by atoms with Gasteiger partial charge in [-0.2, -0.15) is 0 Å². The summed E-state index contributed by atoms with van der Waals surface area (Å²) in [5, 5.41) is 15.5. The molecular formula is C27H23Cl4OP. The molecule has 0 bridgehead atoms. The van der Waals surface area contributed by atoms with E-state index in [9.17, 15) is 5.11 Å². The van der Waals surface area contributed by atoms with E-state index in [2.05, 4.69) is 97.9 Å². The van der Waals surface area contributed by atoms with Crippen LogP contribution in [-0.2, 0) is 0 Å². The molecule has 0 aliphatic rings. The maximum absolute atomic E-state index is 11.0. The molecule has 0 aliphatic heterocycles. The minimum atomic E-state index is -1.55. The second-order valence-corrected chi connectivity index (χ2v) is 12.5. The molecule has 0 spiro atoms. The molecule has 0 saturated heterocycles. The molecule has 0 unspecified atom stereocenters. The first kappa shape index (κ1) is 25.9. The molecule has 0 heterocycles. The lowest BCUT2D eigenvalue weighted by Gasteiger charge is -2.27. The van der Waals surface area contributed by atoms with Crippen LogP contribution in [0, 0.1) is 0 Å². The van der Waals surface area contributed by atoms with Gasteiger partial charge < -0.3 is 5.11 Å². The van der Waals surface area contributed by atoms with Crippen LogP contribution < -0.4 is 21.0 Å². The maximum atomic E-state index is 11.0. The van der Waals surface area contributed by atoms with Crippen molar-refractivity contribution in [1.82, 2.24) is 0 Å². The summed E-state index contributed by atoms with van der Waals surface area (Å²) in [5.41, 5.74) is 0. The Hall–Kier alpha value is -1.73. The largest absolute Gasteiger partial charge is 0.870 e. The molecule has 33 heavy (non-hydrogen) atoms. The van der Waals surface area contributed by atoms with E-state index in [-0.39, 0.29) is 20.1 Å². The van der Waals surface area contributed by atoms with Gasteiger partial charge in [0.1, 0.15) is 23.2 Å². The monoisotopic (exact) mass is 534 g/mol. The first-order valence-electron chi connectivity index (χ1n) is 10.5. The molecule has 0 atom stereocenters. The number of halogens is 4. The van der Waals surface area contributed by atoms with Crippen molar-refractivity contribution in [2.24, 2.45) is 0 Å². The quantitative estimate of drug-likeness (QED) is 0.189. The third kappa shape index (κ3) is 5.86. The molecule has 4 aromatic rings. The van der Waals surface area contributed by atoms with Gasteiger partial charge in [-0.15, -0.1) is 0 Å². The van der Waals surface area contributed by atoms with E-state index in [0.717, 1.165) is 0 Å². The zero-order chi connectivity index (χ0) is 23.8. The fraction of sp³-hybridized carbons (Fsp3) is 0.111. The normalized spacial score (nSPS) is 10.9. The Morgan fingerprint density at radius 2 is 0.939 bits per heavy atom. The van der Waals surface area contributed by atoms with E-state index < -0.39 is 13.0 Å². The predicted molar refractivity (Wildman–Crippen MR) is 146 cm³/mol. The van der Waals surface area contributed by atoms with Crippen LogP contribution in [0.2, 0.25) is 20.1 Å². The maximum Gasteiger partial charge on any atom is 0.112 e. The zero-order valence-corrected chi connectivity index (χ0v) is 21.9. The molecule has 4 rings (SSSR count). The lowest BCUT2D eigenvalue weighted by molar-refractivity contribution is -0.267. The molecule has 0 amide bonds. The fourth-order valence-electron chi connectivity index (χ4n) is 3.77. The molecule has 0 aromatic heterocycles. The van der Waals surface area contributed by atoms with Gasteiger partial charge in [0.25, 0.3) is 0 Å². The van der Waals surface area contributed by atoms with E-state index in [1.165, 1.54) is 34.6 Å². The SMILES string of the molecule is CCC[P+](c1ccccc1)(c1ccccc1)c1ccccc1.[O-]c1c(Cl)c(Cl)cc(Cl)c1Cl. The van der Waals surface area contributed by atoms with Gasteiger partial charge in [-0.25, -0.2) is 0 Å². The van der Waals surface area contributed by atoms with E-state index in [1.54, 1.807) is 0 Å². The van der Waals surface area contributed by atoms with E-state index >= 15 is 0 Å². The van der Waals surface area contributed by atoms with Crippen LogP contribution in [0.15, 0.2) is 97.1 Å². The average molecular weight is 536 g/mol. The molecule has 0 fully saturated rings. The molecule has 0 saturated carbocycles. The van der Waals surface area contributed by atoms with Gasteiger partial charge in [0.2, 0.25) is 0 Å². The Kier molecular flexibility index (Phi) is 9.50. The van der Waals surface area contributed by atoms with Gasteiger partial charge >= 0.3 is 0 Å². The number of benzene rings is 4. The highest BCUT2D eigenvalue weighted by Gasteiger charge is 2.44. The summed E-state index contributed by atoms with van der Waals surface area (Å²) < 4.78 is 0. The fourth-order valence-corrected chi connectivity index (χ4v) is 8.94. The van der Waals surface area contributed by atoms with Crippen LogP contribution in [-0.4, -0.2) is 6.16 Å². The Morgan fingerprint density at radius 1 is 0.606 bits per heavy atom. The Bertz CT molecular complexity index is 1050. The van der Waals surface area contributed by atoms with Crippen molar-refractivity contribution >= 4 is 69.6 Å². The molecular weight excluding hydrogens is 513 g/mol. The van der Waals surface area contributed by atoms with Crippen molar-refractivity contribution in [3.8, 4) is 5.75 Å². The summed E-state index contributed by atoms with van der Waals surface area (Å²) in [7, 11) is -1.55. The highest BCUT2D eigenvalue weighted by Crippen LogP contribution is 2.55. The van der Waals surface area contributed by atoms with Crippen molar-refractivity contribution < 1.29 is 5.11 Å². The predicted octanol–water partition coefficient (Wildman–Crippen LogP) is 7.76. The van der Waals surface area contributed by atoms with E-state index in [0.29, 0.717) is 0 Å². The highest BCUT2D eigenvalue weighted by molar-refractivity contribution is 7.95. The van der Waals surface area contributed by atoms with E-state index in [1.807, 2.05) is 0 Å². The topological polar surface area (TPSA) is 23.1 Å². The molecule has 1 nitrogen and oxygen atoms in total. The summed E-state index contributed by atoms with van der Waals surface area (Å²) in [6.45, 7) is 2.30. The van der Waals surface area contributed by atoms with Crippen molar-refractivity contribution in [1.29, 1.82) is 0 Å². The molecule has 0 N–H and O–H groups in total. The lowest BCUT2D eigenvalue weighted by atomic mass is 10.3. The first-order valence-corrected chi connectivity index (χ1v) is 13.9. The van der Waals surface area contributed by atoms with Crippen molar-refractivity contribution in [3.63, 3.8) is 0 Å². The van der Waals surface area contributed by atoms with Crippen LogP contribution >= 0.6 is 53.7 Å². The van der Waals surface area contributed by atoms with E-state index in [4.69, 9.17) is 46.4 Å². The van der Waals surface area contributed by atoms with Gasteiger partial charge in [-0.05, 0) is 48.9 Å². The number of hydrogen-bond donors (Lipinski definition) is 0. The zero-order valence-electron chi connectivity index (χ0n) is 18.0. The van der Waals surface area contributed by atoms with Gasteiger partial charge in [-0.1, -0.05) is 114 Å². The molecule has 170 valence electrons. The molecule has 4 aromatic carbocycles. The van der Waals surface area contributed by atoms with Crippen molar-refractivity contribution in [2.75, 3.05) is 6.16 Å². The second-order valence-electron chi connectivity index (χ2n) is 7.34. The number of rotatable bonds is 5. The van der Waals surface area contributed by atoms with Crippen molar-refractivity contribution in [2.45, 2.75) is 13.3 Å². The van der Waals surface area contributed by atoms with Gasteiger partial charge in [0, 0.05) is 0 Å². The third-order valence-electron chi connectivity index (χ3n) is 5.22. The van der Waals surface area contributed by atoms with Gasteiger partial charge in [0.15, 0.2) is 0 Å². The third-order valence-corrected chi connectivity index (χ3v) is 11.4. The van der Waals surface area contributed by atoms with Crippen molar-refractivity contribution in [3.05, 3.63) is 117 Å². The van der Waals surface area contributed by atoms with Crippen LogP contribution in [0.4, 0.5) is 0 Å². The summed E-state index contributed by atoms with van der Waals surface area (Å²) in [6, 6.07) is 34.5. The average Bonchev–Trinajstić information content (AvgIpc) is 2.87. The van der Waals surface area contributed by atoms with Crippen LogP contribution in [0.1, 0.15) is 13.3 Å². The minimum absolute atomic E-state index is 0.0962. The molecule has 0 aliphatic carbocycles. The number of hydrogen-bond acceptors (Lipinski definition) is 1. The Balaban J connectivity index is 0.000000235. The molecule has 0 radical (unpaired) electrons. The second kappa shape index (κ2) is 12.1. The summed E-state index contributed by atoms with van der Waals surface area (Å²) >= 11 is 22.0. The van der Waals surface area contributed by atoms with Crippen LogP contribution in [0.5, 0.6) is 5.75 Å². The summed E-state index contributed by atoms with van der Waals surface area (Å²) in [6.07, 6.45) is 2.40. The van der Waals surface area contributed by atoms with Crippen LogP contribution in [0.25, 0.3) is 0 Å². The Morgan fingerprint density at radius 3 is 1.24 bits per heavy atom. The van der Waals surface area contributed by atoms with Gasteiger partial charge in [0.05, 0.1) is 26.3 Å². The standard InChI is InChI=1S/C21H22P.C6H2Cl4O/c1-2-18-22(19-12-6-3-7-13-19,20-14-8-4-9-15-20)21-16-10-5-11-17-21;7-2-1-3(8)5(10)6(11)4(2)9/h3-17H,2,18H2,1H3;1,11H/q+1;/p-1. The molecule has 6 heteroatoms. The summed E-state index contributed by atoms with van der Waals surface area (Å²) in [5.74, 6) is -0.536. The van der Waals surface area contributed by atoms with Gasteiger partial charge in [-0.3, -0.25) is 0 Å². The minimum Gasteiger partial charge on any atom is -0.870 e. The smallest absolute Gasteiger partial charge is 0.112 e. The van der Waals surface area contributed by atoms with Crippen LogP contribution in [0.3, 0.4) is 0 Å². The Labute approximate surface area is 216 Å². The summed E-state index contributed by atoms with van der Waals surface area (Å²) in [4.78, 5) is 0. The first-order chi connectivity index (χ1) is 15.9. The highest BCUT2D eigenvalue weighted by atomic mass is 35.5.